The number of benzene rings is 6. The monoisotopic (exact) mass is 1390 g/mol. The molecule has 0 saturated carbocycles. The molecule has 0 unspecified atom stereocenters. The minimum absolute atomic E-state index is 0. The van der Waals surface area contributed by atoms with E-state index in [4.69, 9.17) is 20.9 Å². The number of nitro groups is 3. The maximum absolute atomic E-state index is 12.6. The predicted octanol–water partition coefficient (Wildman–Crippen LogP) is 11.9. The molecular weight excluding hydrogens is 1300 g/mol. The Morgan fingerprint density at radius 1 is 0.556 bits per heavy atom. The Labute approximate surface area is 599 Å². The summed E-state index contributed by atoms with van der Waals surface area (Å²) in [6, 6.07) is 34.3. The van der Waals surface area contributed by atoms with Crippen molar-refractivity contribution in [1.29, 1.82) is 0 Å². The van der Waals surface area contributed by atoms with Crippen LogP contribution in [0.25, 0.3) is 0 Å². The van der Waals surface area contributed by atoms with Gasteiger partial charge in [0.1, 0.15) is 35.1 Å². The van der Waals surface area contributed by atoms with Crippen LogP contribution in [-0.4, -0.2) is 88.8 Å². The second kappa shape index (κ2) is 44.1. The van der Waals surface area contributed by atoms with Crippen LogP contribution in [0.1, 0.15) is 150 Å². The van der Waals surface area contributed by atoms with E-state index in [1.165, 1.54) is 31.2 Å². The minimum atomic E-state index is -0.939. The molecule has 0 aliphatic carbocycles. The minimum Gasteiger partial charge on any atom is -0.793 e. The van der Waals surface area contributed by atoms with Crippen LogP contribution in [0.15, 0.2) is 127 Å². The van der Waals surface area contributed by atoms with Gasteiger partial charge in [0.25, 0.3) is 11.4 Å². The van der Waals surface area contributed by atoms with E-state index in [2.05, 4.69) is 97.5 Å². The van der Waals surface area contributed by atoms with Crippen molar-refractivity contribution in [2.45, 2.75) is 154 Å². The van der Waals surface area contributed by atoms with Gasteiger partial charge in [-0.25, -0.2) is 29.0 Å². The Bertz CT molecular complexity index is 3630. The van der Waals surface area contributed by atoms with Gasteiger partial charge in [-0.1, -0.05) is 71.9 Å². The summed E-state index contributed by atoms with van der Waals surface area (Å²) in [5, 5.41) is 47.6. The molecule has 28 nitrogen and oxygen atoms in total. The van der Waals surface area contributed by atoms with Gasteiger partial charge >= 0.3 is 59.4 Å². The number of hydrogen-bond donors (Lipinski definition) is 7. The number of ether oxygens (including phenoxy) is 2. The average Bonchev–Trinajstić information content (AvgIpc) is 0.841. The summed E-state index contributed by atoms with van der Waals surface area (Å²) in [5.74, 6) is -2.68. The van der Waals surface area contributed by atoms with Crippen LogP contribution in [0.5, 0.6) is 0 Å². The van der Waals surface area contributed by atoms with Crippen LogP contribution >= 0.6 is 0 Å². The van der Waals surface area contributed by atoms with Gasteiger partial charge in [0.15, 0.2) is 0 Å². The van der Waals surface area contributed by atoms with Crippen LogP contribution in [0.3, 0.4) is 0 Å². The summed E-state index contributed by atoms with van der Waals surface area (Å²) in [5.41, 5.74) is 15.7. The van der Waals surface area contributed by atoms with Gasteiger partial charge in [-0.2, -0.15) is 4.39 Å². The third-order valence-electron chi connectivity index (χ3n) is 12.3. The van der Waals surface area contributed by atoms with Gasteiger partial charge in [0.05, 0.1) is 14.8 Å². The van der Waals surface area contributed by atoms with E-state index in [0.717, 1.165) is 42.8 Å². The molecule has 0 saturated heterocycles. The van der Waals surface area contributed by atoms with E-state index in [-0.39, 0.29) is 68.9 Å². The second-order valence-corrected chi connectivity index (χ2v) is 25.3. The molecule has 6 rings (SSSR count). The Morgan fingerprint density at radius 3 is 1.32 bits per heavy atom. The summed E-state index contributed by atoms with van der Waals surface area (Å²) < 4.78 is 26.6. The number of nitrogen functional groups attached to an aromatic ring is 1. The molecule has 0 heterocycles. The van der Waals surface area contributed by atoms with Crippen LogP contribution in [0.2, 0.25) is 0 Å². The van der Waals surface area contributed by atoms with E-state index in [9.17, 15) is 68.3 Å². The topological polar surface area (TPSA) is 407 Å². The summed E-state index contributed by atoms with van der Waals surface area (Å²) in [6.07, 6.45) is -0.0364. The zero-order valence-corrected chi connectivity index (χ0v) is 61.4. The Morgan fingerprint density at radius 2 is 0.939 bits per heavy atom. The zero-order chi connectivity index (χ0) is 75.5. The normalized spacial score (nSPS) is 11.0. The number of aryl methyl sites for hydroxylation is 1. The van der Waals surface area contributed by atoms with E-state index in [0.29, 0.717) is 59.3 Å². The fourth-order valence-corrected chi connectivity index (χ4v) is 6.43. The first-order chi connectivity index (χ1) is 45.2. The molecular formula is C68H90BFN10NaO18. The first-order valence-corrected chi connectivity index (χ1v) is 29.9. The number of nitrogens with zero attached hydrogens (tertiary/aromatic N) is 3. The number of carbonyl (C=O) groups excluding carboxylic acids is 7. The van der Waals surface area contributed by atoms with Gasteiger partial charge in [-0.05, 0) is 163 Å². The van der Waals surface area contributed by atoms with Gasteiger partial charge in [0.2, 0.25) is 11.8 Å². The summed E-state index contributed by atoms with van der Waals surface area (Å²) in [6.45, 7) is 33.8. The third kappa shape index (κ3) is 41.8. The molecule has 6 aromatic rings. The number of amides is 2. The fraction of sp³-hybridized carbons (Fsp3) is 0.368. The number of anilines is 7. The van der Waals surface area contributed by atoms with Gasteiger partial charge in [0, 0.05) is 97.2 Å². The van der Waals surface area contributed by atoms with E-state index >= 15 is 0 Å². The number of nitrogens with two attached hydrogens (primary N) is 2. The Balaban J connectivity index is 0. The number of aldehydes is 2. The van der Waals surface area contributed by atoms with Crippen molar-refractivity contribution in [3.05, 3.63) is 186 Å². The molecule has 2 atom stereocenters. The van der Waals surface area contributed by atoms with Crippen LogP contribution in [0.4, 0.5) is 70.9 Å². The Hall–Kier alpha value is -9.88. The first kappa shape index (κ1) is 91.2. The number of carbonyl (C=O) groups is 7. The predicted molar refractivity (Wildman–Crippen MR) is 375 cm³/mol. The van der Waals surface area contributed by atoms with Crippen molar-refractivity contribution in [1.82, 2.24) is 5.32 Å². The molecule has 0 aliphatic heterocycles. The molecule has 0 fully saturated rings. The number of halogens is 1. The average molecular weight is 1390 g/mol. The number of nitrogens with one attached hydrogen (secondary N) is 5. The van der Waals surface area contributed by atoms with Crippen LogP contribution in [0, 0.1) is 53.9 Å². The molecule has 3 radical (unpaired) electrons. The second-order valence-electron chi connectivity index (χ2n) is 25.3. The van der Waals surface area contributed by atoms with Gasteiger partial charge in [-0.15, -0.1) is 0 Å². The van der Waals surface area contributed by atoms with Gasteiger partial charge < -0.3 is 49.6 Å². The fourth-order valence-electron chi connectivity index (χ4n) is 6.43. The van der Waals surface area contributed by atoms with Crippen LogP contribution in [-0.2, 0) is 44.8 Å². The quantitative estimate of drug-likeness (QED) is 0.0133. The van der Waals surface area contributed by atoms with Crippen molar-refractivity contribution in [2.24, 2.45) is 16.6 Å². The largest absolute Gasteiger partial charge is 1.00 e. The summed E-state index contributed by atoms with van der Waals surface area (Å²) in [4.78, 5) is 112. The molecule has 2 amide bonds. The van der Waals surface area contributed by atoms with Crippen molar-refractivity contribution >= 4 is 108 Å². The maximum Gasteiger partial charge on any atom is 1.00 e. The molecule has 0 bridgehead atoms. The Kier molecular flexibility index (Phi) is 40.6. The first-order valence-electron chi connectivity index (χ1n) is 29.9. The molecule has 0 aliphatic rings. The smallest absolute Gasteiger partial charge is 0.793 e. The maximum atomic E-state index is 12.6. The van der Waals surface area contributed by atoms with Gasteiger partial charge in [-0.3, -0.25) is 55.4 Å². The zero-order valence-electron chi connectivity index (χ0n) is 59.4. The van der Waals surface area contributed by atoms with Crippen molar-refractivity contribution in [3.63, 3.8) is 0 Å². The molecule has 0 aromatic heterocycles. The van der Waals surface area contributed by atoms with Crippen molar-refractivity contribution in [3.8, 4) is 0 Å². The third-order valence-corrected chi connectivity index (χ3v) is 12.3. The standard InChI is InChI=1S/C24H34N4O4.C14H12N2O3.C11H16N2O2.C7H4FNO3.C6H15N.C4H6O4.C2H3BO2.Na/c1-16(23(2,3)4)25-15-17-11-12-20(21(13-17)28(30)31)26-18-9-8-10-19(14-18)27-22(29)32-24(5,6)7;1-10-3-2-4-12(7-10)15-13-6-5-11(9-17)8-14(13)16(18)19;1-11(2,3)15-10(14)13-9-6-4-5-8(12)7-9;8-6-2-1-5(4-10)3-7(6)9(11)12;1-5(7)6(2,3)4;1-3(5)7-8-4(2)6;1-2(4)5-3;/h8-14,16,25-26H,15H2,1-7H3,(H,27,29);2-9,15H,1H3;4-7H,12H2,1-3H3,(H,13,14);1-4H;5H,7H2,1-4H3;1-2H3;1H3;/q;;;;;;-1;+1/t16-;;;;5-;;;/m0...0.../s1. The van der Waals surface area contributed by atoms with Crippen molar-refractivity contribution in [2.75, 3.05) is 27.0 Å². The molecule has 31 heteroatoms. The summed E-state index contributed by atoms with van der Waals surface area (Å²) >= 11 is 0. The SMILES string of the molecule is CC(=O)OOC(C)=O.CC(C)(C)OC(=O)Nc1cccc(N)c1.C[C@H](N)C(C)(C)C.C[C@H](NCc1ccc(Nc2cccc(NC(=O)OC(C)(C)C)c2)c([N+](=O)[O-])c1)C(C)(C)C.Cc1cccc(Nc2ccc(C=O)cc2[N+](=O)[O-])c1.O=Cc1ccc(F)c([N+](=O)[O-])c1.[B-]OC(C)=O.[Na+]. The number of nitro benzene ring substituents is 3. The van der Waals surface area contributed by atoms with E-state index in [1.54, 1.807) is 81.4 Å². The number of hydrogen-bond acceptors (Lipinski definition) is 23. The van der Waals surface area contributed by atoms with Crippen molar-refractivity contribution < 1.29 is 106 Å². The molecule has 99 heavy (non-hydrogen) atoms. The van der Waals surface area contributed by atoms with E-state index in [1.807, 2.05) is 65.0 Å². The van der Waals surface area contributed by atoms with E-state index < -0.39 is 67.6 Å². The number of rotatable bonds is 14. The molecule has 0 spiro atoms. The molecule has 531 valence electrons. The van der Waals surface area contributed by atoms with Crippen LogP contribution < -0.4 is 67.6 Å². The summed E-state index contributed by atoms with van der Waals surface area (Å²) in [7, 11) is 4.32. The molecule has 6 aromatic carbocycles. The molecule has 9 N–H and O–H groups in total.